The Bertz CT molecular complexity index is 1550. The van der Waals surface area contributed by atoms with E-state index in [9.17, 15) is 14.4 Å². The van der Waals surface area contributed by atoms with Crippen molar-refractivity contribution in [1.82, 2.24) is 20.1 Å². The minimum atomic E-state index is -0.667. The van der Waals surface area contributed by atoms with Gasteiger partial charge in [0, 0.05) is 49.5 Å². The van der Waals surface area contributed by atoms with Crippen LogP contribution in [0.3, 0.4) is 0 Å². The second-order valence-corrected chi connectivity index (χ2v) is 9.67. The number of aryl methyl sites for hydroxylation is 1. The lowest BCUT2D eigenvalue weighted by atomic mass is 10.1. The van der Waals surface area contributed by atoms with Gasteiger partial charge in [0.1, 0.15) is 17.2 Å². The predicted octanol–water partition coefficient (Wildman–Crippen LogP) is 4.33. The van der Waals surface area contributed by atoms with E-state index in [4.69, 9.17) is 18.6 Å². The minimum absolute atomic E-state index is 0.103. The largest absolute Gasteiger partial charge is 0.480 e. The Labute approximate surface area is 232 Å². The summed E-state index contributed by atoms with van der Waals surface area (Å²) in [6.07, 6.45) is -0.145. The minimum Gasteiger partial charge on any atom is -0.480 e. The van der Waals surface area contributed by atoms with Crippen molar-refractivity contribution in [2.45, 2.75) is 26.4 Å². The molecule has 0 bridgehead atoms. The maximum atomic E-state index is 13.2. The van der Waals surface area contributed by atoms with Crippen LogP contribution in [0.5, 0.6) is 17.2 Å². The van der Waals surface area contributed by atoms with Crippen molar-refractivity contribution < 1.29 is 33.0 Å². The van der Waals surface area contributed by atoms with Crippen LogP contribution in [0.1, 0.15) is 40.1 Å². The van der Waals surface area contributed by atoms with E-state index in [0.29, 0.717) is 42.0 Å². The molecule has 1 saturated heterocycles. The number of rotatable bonds is 9. The van der Waals surface area contributed by atoms with Crippen LogP contribution in [0.15, 0.2) is 52.3 Å². The van der Waals surface area contributed by atoms with E-state index in [0.717, 1.165) is 16.9 Å². The Balaban J connectivity index is 1.38. The van der Waals surface area contributed by atoms with E-state index in [-0.39, 0.29) is 28.9 Å². The van der Waals surface area contributed by atoms with E-state index in [1.807, 2.05) is 0 Å². The number of hydrogen-bond acceptors (Lipinski definition) is 11. The molecule has 5 rings (SSSR count). The predicted molar refractivity (Wildman–Crippen MR) is 144 cm³/mol. The van der Waals surface area contributed by atoms with Gasteiger partial charge in [-0.3, -0.25) is 14.9 Å². The first-order valence-electron chi connectivity index (χ1n) is 12.4. The molecule has 3 heterocycles. The molecule has 12 nitrogen and oxygen atoms in total. The van der Waals surface area contributed by atoms with Crippen LogP contribution in [0.4, 0.5) is 5.13 Å². The number of hydrogen-bond donors (Lipinski definition) is 1. The van der Waals surface area contributed by atoms with Gasteiger partial charge in [0.05, 0.1) is 6.61 Å². The van der Waals surface area contributed by atoms with Crippen molar-refractivity contribution in [3.05, 3.63) is 65.0 Å². The van der Waals surface area contributed by atoms with Crippen molar-refractivity contribution in [1.29, 1.82) is 0 Å². The Morgan fingerprint density at radius 1 is 1.12 bits per heavy atom. The van der Waals surface area contributed by atoms with E-state index in [1.165, 1.54) is 11.4 Å². The van der Waals surface area contributed by atoms with Gasteiger partial charge in [-0.15, -0.1) is 21.5 Å². The number of nitrogens with zero attached hydrogens (tertiary/aromatic N) is 4. The first-order chi connectivity index (χ1) is 19.3. The number of aromatic nitrogens is 3. The summed E-state index contributed by atoms with van der Waals surface area (Å²) in [5, 5.41) is 12.3. The fraction of sp³-hybridized carbons (Fsp3) is 0.259. The molecule has 0 saturated carbocycles. The lowest BCUT2D eigenvalue weighted by molar-refractivity contribution is -0.132. The highest BCUT2D eigenvalue weighted by Gasteiger charge is 2.31. The Morgan fingerprint density at radius 3 is 2.58 bits per heavy atom. The van der Waals surface area contributed by atoms with Gasteiger partial charge in [-0.1, -0.05) is 0 Å². The summed E-state index contributed by atoms with van der Waals surface area (Å²) in [5.41, 5.74) is 1.03. The molecule has 1 fully saturated rings. The van der Waals surface area contributed by atoms with Crippen LogP contribution < -0.4 is 14.8 Å². The second kappa shape index (κ2) is 11.5. The molecular formula is C27H25N5O7S. The van der Waals surface area contributed by atoms with E-state index < -0.39 is 18.0 Å². The lowest BCUT2D eigenvalue weighted by Gasteiger charge is -2.15. The number of likely N-dealkylation sites (N-methyl/N-ethyl adjacent to an activating group) is 1. The number of likely N-dealkylation sites (tertiary alicyclic amines) is 1. The fourth-order valence-electron chi connectivity index (χ4n) is 3.91. The summed E-state index contributed by atoms with van der Waals surface area (Å²) >= 11 is 1.09. The van der Waals surface area contributed by atoms with Gasteiger partial charge < -0.3 is 23.5 Å². The number of thiazole rings is 1. The Kier molecular flexibility index (Phi) is 7.73. The lowest BCUT2D eigenvalue weighted by Crippen LogP contribution is -2.29. The highest BCUT2D eigenvalue weighted by Crippen LogP contribution is 2.31. The quantitative estimate of drug-likeness (QED) is 0.292. The molecule has 0 spiro atoms. The summed E-state index contributed by atoms with van der Waals surface area (Å²) in [4.78, 5) is 43.2. The van der Waals surface area contributed by atoms with Gasteiger partial charge in [0.15, 0.2) is 16.9 Å². The van der Waals surface area contributed by atoms with Crippen molar-refractivity contribution in [3.8, 4) is 28.7 Å². The number of benzene rings is 2. The van der Waals surface area contributed by atoms with Crippen LogP contribution >= 0.6 is 11.3 Å². The third kappa shape index (κ3) is 6.10. The van der Waals surface area contributed by atoms with Crippen LogP contribution in [0, 0.1) is 6.92 Å². The Hall–Kier alpha value is -4.78. The monoisotopic (exact) mass is 563 g/mol. The zero-order valence-electron chi connectivity index (χ0n) is 21.9. The molecule has 1 aliphatic heterocycles. The van der Waals surface area contributed by atoms with Crippen LogP contribution in [-0.2, 0) is 9.53 Å². The number of ether oxygens (including phenoxy) is 3. The van der Waals surface area contributed by atoms with Crippen LogP contribution in [0.25, 0.3) is 11.5 Å². The van der Waals surface area contributed by atoms with Gasteiger partial charge in [-0.05, 0) is 43.3 Å². The van der Waals surface area contributed by atoms with E-state index >= 15 is 0 Å². The summed E-state index contributed by atoms with van der Waals surface area (Å²) in [5.74, 6) is 0.721. The molecule has 1 atom stereocenters. The standard InChI is InChI=1S/C27H25N5O7S/c1-4-36-26(35)21-14-40-27(28-21)29-23(33)17-11-19(13-20(12-17)39-22-9-10-32(3)25(22)34)38-18-7-5-16(6-8-18)24-31-30-15(2)37-24/h5-8,11-14,22H,4,9-10H2,1-3H3,(H,28,29,33). The number of anilines is 1. The van der Waals surface area contributed by atoms with E-state index in [2.05, 4.69) is 20.5 Å². The maximum absolute atomic E-state index is 13.2. The summed E-state index contributed by atoms with van der Waals surface area (Å²) in [6.45, 7) is 4.20. The first kappa shape index (κ1) is 26.8. The number of esters is 1. The fourth-order valence-corrected chi connectivity index (χ4v) is 4.58. The number of carbonyl (C=O) groups excluding carboxylic acids is 3. The van der Waals surface area contributed by atoms with Crippen molar-refractivity contribution in [2.24, 2.45) is 0 Å². The normalized spacial score (nSPS) is 14.7. The number of amides is 2. The average molecular weight is 564 g/mol. The summed E-state index contributed by atoms with van der Waals surface area (Å²) in [6, 6.07) is 11.7. The van der Waals surface area contributed by atoms with Gasteiger partial charge in [-0.25, -0.2) is 9.78 Å². The third-order valence-electron chi connectivity index (χ3n) is 5.87. The summed E-state index contributed by atoms with van der Waals surface area (Å²) in [7, 11) is 1.71. The molecular weight excluding hydrogens is 538 g/mol. The van der Waals surface area contributed by atoms with Gasteiger partial charge in [-0.2, -0.15) is 0 Å². The van der Waals surface area contributed by atoms with Crippen LogP contribution in [0.2, 0.25) is 0 Å². The molecule has 40 heavy (non-hydrogen) atoms. The molecule has 2 aromatic heterocycles. The second-order valence-electron chi connectivity index (χ2n) is 8.81. The molecule has 2 amide bonds. The highest BCUT2D eigenvalue weighted by molar-refractivity contribution is 7.14. The summed E-state index contributed by atoms with van der Waals surface area (Å²) < 4.78 is 22.4. The SMILES string of the molecule is CCOC(=O)c1csc(NC(=O)c2cc(Oc3ccc(-c4nnc(C)o4)cc3)cc(OC3CCN(C)C3=O)c2)n1. The van der Waals surface area contributed by atoms with Crippen molar-refractivity contribution in [2.75, 3.05) is 25.5 Å². The zero-order chi connectivity index (χ0) is 28.2. The third-order valence-corrected chi connectivity index (χ3v) is 6.63. The molecule has 0 radical (unpaired) electrons. The molecule has 2 aromatic carbocycles. The van der Waals surface area contributed by atoms with Gasteiger partial charge in [0.25, 0.3) is 11.8 Å². The Morgan fingerprint density at radius 2 is 1.90 bits per heavy atom. The smallest absolute Gasteiger partial charge is 0.357 e. The highest BCUT2D eigenvalue weighted by atomic mass is 32.1. The number of carbonyl (C=O) groups is 3. The van der Waals surface area contributed by atoms with Crippen LogP contribution in [-0.4, -0.2) is 64.2 Å². The molecule has 13 heteroatoms. The molecule has 0 aliphatic carbocycles. The molecule has 1 N–H and O–H groups in total. The average Bonchev–Trinajstić information content (AvgIpc) is 3.67. The van der Waals surface area contributed by atoms with Gasteiger partial charge >= 0.3 is 5.97 Å². The topological polar surface area (TPSA) is 146 Å². The maximum Gasteiger partial charge on any atom is 0.357 e. The molecule has 1 unspecified atom stereocenters. The van der Waals surface area contributed by atoms with Crippen molar-refractivity contribution in [3.63, 3.8) is 0 Å². The zero-order valence-corrected chi connectivity index (χ0v) is 22.7. The van der Waals surface area contributed by atoms with Gasteiger partial charge in [0.2, 0.25) is 11.8 Å². The van der Waals surface area contributed by atoms with E-state index in [1.54, 1.807) is 62.2 Å². The van der Waals surface area contributed by atoms with Crippen molar-refractivity contribution >= 4 is 34.3 Å². The molecule has 1 aliphatic rings. The number of nitrogens with one attached hydrogen (secondary N) is 1. The molecule has 4 aromatic rings. The first-order valence-corrected chi connectivity index (χ1v) is 13.3. The molecule has 206 valence electrons.